The molecule has 0 bridgehead atoms. The molecule has 19 heavy (non-hydrogen) atoms. The van der Waals surface area contributed by atoms with E-state index in [0.29, 0.717) is 0 Å². The molecule has 0 spiro atoms. The molecule has 1 aromatic carbocycles. The van der Waals surface area contributed by atoms with Crippen molar-refractivity contribution < 1.29 is 4.39 Å². The number of nitrogens with zero attached hydrogens (tertiary/aromatic N) is 1. The molecule has 2 rings (SSSR count). The maximum atomic E-state index is 13.2. The van der Waals surface area contributed by atoms with Crippen molar-refractivity contribution in [1.82, 2.24) is 4.90 Å². The standard InChI is InChI=1S/C15H21ClFN2/c1-19(2)11-15(8-4-3-5-9-15)18-12-6-7-14(17)13(16)10-12/h4,6-7,10,18H,3,5,8-9,11H2,1-2H3. The van der Waals surface area contributed by atoms with E-state index < -0.39 is 0 Å². The summed E-state index contributed by atoms with van der Waals surface area (Å²) in [5.41, 5.74) is 0.923. The van der Waals surface area contributed by atoms with E-state index in [2.05, 4.69) is 30.7 Å². The lowest BCUT2D eigenvalue weighted by atomic mass is 9.81. The van der Waals surface area contributed by atoms with Gasteiger partial charge in [-0.3, -0.25) is 0 Å². The van der Waals surface area contributed by atoms with Crippen LogP contribution in [0, 0.1) is 12.2 Å². The molecule has 105 valence electrons. The van der Waals surface area contributed by atoms with Crippen molar-refractivity contribution in [2.75, 3.05) is 26.0 Å². The molecule has 1 N–H and O–H groups in total. The topological polar surface area (TPSA) is 15.3 Å². The van der Waals surface area contributed by atoms with E-state index in [1.165, 1.54) is 18.9 Å². The average Bonchev–Trinajstić information content (AvgIpc) is 2.34. The predicted molar refractivity (Wildman–Crippen MR) is 79.1 cm³/mol. The Morgan fingerprint density at radius 1 is 1.42 bits per heavy atom. The van der Waals surface area contributed by atoms with Gasteiger partial charge in [0.25, 0.3) is 0 Å². The molecule has 1 radical (unpaired) electrons. The molecule has 1 aliphatic carbocycles. The molecule has 1 unspecified atom stereocenters. The summed E-state index contributed by atoms with van der Waals surface area (Å²) >= 11 is 5.85. The number of rotatable bonds is 4. The molecule has 1 saturated carbocycles. The summed E-state index contributed by atoms with van der Waals surface area (Å²) in [6.45, 7) is 0.957. The van der Waals surface area contributed by atoms with Crippen molar-refractivity contribution in [3.8, 4) is 0 Å². The van der Waals surface area contributed by atoms with Crippen LogP contribution in [0.4, 0.5) is 10.1 Å². The van der Waals surface area contributed by atoms with Gasteiger partial charge in [-0.15, -0.1) is 0 Å². The zero-order valence-corrected chi connectivity index (χ0v) is 12.3. The maximum absolute atomic E-state index is 13.2. The van der Waals surface area contributed by atoms with Crippen molar-refractivity contribution in [3.05, 3.63) is 35.5 Å². The lowest BCUT2D eigenvalue weighted by Gasteiger charge is -2.41. The first-order chi connectivity index (χ1) is 9.01. The van der Waals surface area contributed by atoms with Gasteiger partial charge < -0.3 is 10.2 Å². The van der Waals surface area contributed by atoms with Crippen molar-refractivity contribution in [2.45, 2.75) is 31.2 Å². The zero-order chi connectivity index (χ0) is 13.9. The monoisotopic (exact) mass is 283 g/mol. The van der Waals surface area contributed by atoms with Crippen LogP contribution in [0.15, 0.2) is 18.2 Å². The van der Waals surface area contributed by atoms with Gasteiger partial charge in [-0.2, -0.15) is 0 Å². The molecular formula is C15H21ClFN2. The third-order valence-corrected chi connectivity index (χ3v) is 3.84. The molecule has 2 nitrogen and oxygen atoms in total. The number of hydrogen-bond donors (Lipinski definition) is 1. The van der Waals surface area contributed by atoms with Crippen molar-refractivity contribution >= 4 is 17.3 Å². The number of anilines is 1. The molecule has 1 atom stereocenters. The molecule has 4 heteroatoms. The third kappa shape index (κ3) is 3.83. The van der Waals surface area contributed by atoms with Crippen LogP contribution in [-0.4, -0.2) is 31.1 Å². The molecular weight excluding hydrogens is 263 g/mol. The van der Waals surface area contributed by atoms with Gasteiger partial charge in [0.2, 0.25) is 0 Å². The zero-order valence-electron chi connectivity index (χ0n) is 11.5. The highest BCUT2D eigenvalue weighted by molar-refractivity contribution is 6.31. The quantitative estimate of drug-likeness (QED) is 0.899. The molecule has 0 amide bonds. The lowest BCUT2D eigenvalue weighted by molar-refractivity contribution is 0.264. The Morgan fingerprint density at radius 2 is 2.21 bits per heavy atom. The summed E-state index contributed by atoms with van der Waals surface area (Å²) in [6, 6.07) is 4.84. The van der Waals surface area contributed by atoms with Gasteiger partial charge >= 0.3 is 0 Å². The van der Waals surface area contributed by atoms with E-state index in [9.17, 15) is 4.39 Å². The average molecular weight is 284 g/mol. The fraction of sp³-hybridized carbons (Fsp3) is 0.533. The fourth-order valence-corrected chi connectivity index (χ4v) is 3.03. The minimum absolute atomic E-state index is 0.0307. The van der Waals surface area contributed by atoms with Gasteiger partial charge in [0.15, 0.2) is 0 Å². The van der Waals surface area contributed by atoms with E-state index in [0.717, 1.165) is 25.1 Å². The Labute approximate surface area is 119 Å². The van der Waals surface area contributed by atoms with E-state index in [1.807, 2.05) is 0 Å². The van der Waals surface area contributed by atoms with Crippen molar-refractivity contribution in [3.63, 3.8) is 0 Å². The fourth-order valence-electron chi connectivity index (χ4n) is 2.85. The van der Waals surface area contributed by atoms with E-state index in [1.54, 1.807) is 12.1 Å². The van der Waals surface area contributed by atoms with Gasteiger partial charge in [0, 0.05) is 12.2 Å². The number of benzene rings is 1. The first-order valence-corrected chi connectivity index (χ1v) is 7.08. The molecule has 0 aliphatic heterocycles. The van der Waals surface area contributed by atoms with Crippen LogP contribution in [0.1, 0.15) is 25.7 Å². The first-order valence-electron chi connectivity index (χ1n) is 6.70. The van der Waals surface area contributed by atoms with Crippen molar-refractivity contribution in [1.29, 1.82) is 0 Å². The second kappa shape index (κ2) is 6.10. The predicted octanol–water partition coefficient (Wildman–Crippen LogP) is 3.97. The first kappa shape index (κ1) is 14.6. The second-order valence-electron chi connectivity index (χ2n) is 5.66. The van der Waals surface area contributed by atoms with Crippen LogP contribution < -0.4 is 5.32 Å². The maximum Gasteiger partial charge on any atom is 0.141 e. The van der Waals surface area contributed by atoms with Gasteiger partial charge in [0.05, 0.1) is 10.6 Å². The van der Waals surface area contributed by atoms with Crippen LogP contribution in [-0.2, 0) is 0 Å². The largest absolute Gasteiger partial charge is 0.378 e. The van der Waals surface area contributed by atoms with Crippen molar-refractivity contribution in [2.24, 2.45) is 0 Å². The molecule has 1 fully saturated rings. The third-order valence-electron chi connectivity index (χ3n) is 3.55. The highest BCUT2D eigenvalue weighted by atomic mass is 35.5. The SMILES string of the molecule is CN(C)CC1(Nc2ccc(F)c(Cl)c2)C[CH]CCC1. The lowest BCUT2D eigenvalue weighted by Crippen LogP contribution is -2.48. The number of hydrogen-bond acceptors (Lipinski definition) is 2. The van der Waals surface area contributed by atoms with Gasteiger partial charge in [-0.25, -0.2) is 4.39 Å². The van der Waals surface area contributed by atoms with Crippen LogP contribution >= 0.6 is 11.6 Å². The smallest absolute Gasteiger partial charge is 0.141 e. The van der Waals surface area contributed by atoms with Gasteiger partial charge in [-0.1, -0.05) is 24.4 Å². The van der Waals surface area contributed by atoms with Crippen LogP contribution in [0.5, 0.6) is 0 Å². The van der Waals surface area contributed by atoms with Gasteiger partial charge in [-0.05, 0) is 51.6 Å². The Morgan fingerprint density at radius 3 is 2.79 bits per heavy atom. The van der Waals surface area contributed by atoms with Crippen LogP contribution in [0.25, 0.3) is 0 Å². The summed E-state index contributed by atoms with van der Waals surface area (Å²) in [6.07, 6.45) is 6.86. The van der Waals surface area contributed by atoms with Gasteiger partial charge in [0.1, 0.15) is 5.82 Å². The molecule has 1 aromatic rings. The summed E-state index contributed by atoms with van der Waals surface area (Å²) in [4.78, 5) is 2.19. The number of likely N-dealkylation sites (N-methyl/N-ethyl adjacent to an activating group) is 1. The highest BCUT2D eigenvalue weighted by Gasteiger charge is 2.32. The Balaban J connectivity index is 2.16. The Bertz CT molecular complexity index is 428. The second-order valence-corrected chi connectivity index (χ2v) is 6.06. The number of nitrogens with one attached hydrogen (secondary N) is 1. The van der Waals surface area contributed by atoms with E-state index >= 15 is 0 Å². The Kier molecular flexibility index (Phi) is 4.69. The molecule has 0 saturated heterocycles. The van der Waals surface area contributed by atoms with Crippen LogP contribution in [0.2, 0.25) is 5.02 Å². The summed E-state index contributed by atoms with van der Waals surface area (Å²) in [7, 11) is 4.16. The van der Waals surface area contributed by atoms with E-state index in [4.69, 9.17) is 11.6 Å². The summed E-state index contributed by atoms with van der Waals surface area (Å²) in [5, 5.41) is 3.74. The highest BCUT2D eigenvalue weighted by Crippen LogP contribution is 2.32. The molecule has 0 heterocycles. The number of halogens is 2. The van der Waals surface area contributed by atoms with Crippen LogP contribution in [0.3, 0.4) is 0 Å². The normalized spacial score (nSPS) is 18.6. The minimum atomic E-state index is -0.371. The Hall–Kier alpha value is -0.800. The van der Waals surface area contributed by atoms with E-state index in [-0.39, 0.29) is 16.4 Å². The molecule has 0 aromatic heterocycles. The summed E-state index contributed by atoms with van der Waals surface area (Å²) in [5.74, 6) is -0.371. The minimum Gasteiger partial charge on any atom is -0.378 e. The molecule has 1 aliphatic rings. The summed E-state index contributed by atoms with van der Waals surface area (Å²) < 4.78 is 13.2.